The number of primary amides is 1. The zero-order chi connectivity index (χ0) is 19.1. The Morgan fingerprint density at radius 3 is 2.50 bits per heavy atom. The van der Waals surface area contributed by atoms with Crippen molar-refractivity contribution in [3.8, 4) is 5.75 Å². The first-order valence-electron chi connectivity index (χ1n) is 8.18. The SMILES string of the molecule is C[S@](=O)CCOc1cc(N2CCN(CCOC(N)=O)CC2)c(F)cc1F. The molecule has 0 radical (unpaired) electrons. The summed E-state index contributed by atoms with van der Waals surface area (Å²) in [5, 5.41) is 0. The predicted octanol–water partition coefficient (Wildman–Crippen LogP) is 0.939. The van der Waals surface area contributed by atoms with Crippen LogP contribution in [0.25, 0.3) is 0 Å². The number of amides is 1. The van der Waals surface area contributed by atoms with Crippen molar-refractivity contribution in [2.75, 3.05) is 62.8 Å². The molecule has 1 amide bonds. The van der Waals surface area contributed by atoms with E-state index in [9.17, 15) is 17.8 Å². The van der Waals surface area contributed by atoms with Gasteiger partial charge in [0, 0.05) is 61.9 Å². The average Bonchev–Trinajstić information content (AvgIpc) is 2.57. The normalized spacial score (nSPS) is 16.3. The number of piperazine rings is 1. The highest BCUT2D eigenvalue weighted by atomic mass is 32.2. The van der Waals surface area contributed by atoms with Crippen molar-refractivity contribution >= 4 is 22.6 Å². The van der Waals surface area contributed by atoms with Crippen molar-refractivity contribution in [3.05, 3.63) is 23.8 Å². The Hall–Kier alpha value is -1.94. The van der Waals surface area contributed by atoms with E-state index in [4.69, 9.17) is 15.2 Å². The van der Waals surface area contributed by atoms with Gasteiger partial charge in [-0.15, -0.1) is 0 Å². The summed E-state index contributed by atoms with van der Waals surface area (Å²) < 4.78 is 49.1. The fourth-order valence-corrected chi connectivity index (χ4v) is 2.95. The molecule has 1 aliphatic heterocycles. The second-order valence-electron chi connectivity index (χ2n) is 5.86. The molecule has 1 saturated heterocycles. The monoisotopic (exact) mass is 391 g/mol. The fourth-order valence-electron chi connectivity index (χ4n) is 2.63. The van der Waals surface area contributed by atoms with Gasteiger partial charge >= 0.3 is 6.09 Å². The van der Waals surface area contributed by atoms with Crippen LogP contribution in [0.1, 0.15) is 0 Å². The summed E-state index contributed by atoms with van der Waals surface area (Å²) in [5.74, 6) is -1.21. The molecule has 1 heterocycles. The molecule has 0 aliphatic carbocycles. The summed E-state index contributed by atoms with van der Waals surface area (Å²) in [6.07, 6.45) is 0.723. The molecule has 2 rings (SSSR count). The molecule has 10 heteroatoms. The van der Waals surface area contributed by atoms with Crippen LogP contribution in [0.15, 0.2) is 12.1 Å². The van der Waals surface area contributed by atoms with E-state index in [1.165, 1.54) is 12.3 Å². The van der Waals surface area contributed by atoms with Crippen molar-refractivity contribution in [2.24, 2.45) is 5.73 Å². The zero-order valence-electron chi connectivity index (χ0n) is 14.6. The number of ether oxygens (including phenoxy) is 2. The van der Waals surface area contributed by atoms with Gasteiger partial charge in [0.2, 0.25) is 0 Å². The molecule has 26 heavy (non-hydrogen) atoms. The van der Waals surface area contributed by atoms with Crippen molar-refractivity contribution < 1.29 is 27.3 Å². The standard InChI is InChI=1S/C16H23F2N3O4S/c1-26(23)9-8-24-15-11-14(12(17)10-13(15)18)21-4-2-20(3-5-21)6-7-25-16(19)22/h10-11H,2-9H2,1H3,(H2,19,22)/t26-/m0/s1. The third-order valence-electron chi connectivity index (χ3n) is 3.99. The van der Waals surface area contributed by atoms with E-state index in [1.54, 1.807) is 0 Å². The molecule has 1 aromatic carbocycles. The topological polar surface area (TPSA) is 85.1 Å². The maximum absolute atomic E-state index is 14.2. The molecule has 0 spiro atoms. The summed E-state index contributed by atoms with van der Waals surface area (Å²) in [4.78, 5) is 14.4. The lowest BCUT2D eigenvalue weighted by Gasteiger charge is -2.36. The first-order valence-corrected chi connectivity index (χ1v) is 9.91. The summed E-state index contributed by atoms with van der Waals surface area (Å²) >= 11 is 0. The van der Waals surface area contributed by atoms with Crippen LogP contribution in [-0.2, 0) is 15.5 Å². The molecule has 1 atom stereocenters. The van der Waals surface area contributed by atoms with Crippen LogP contribution in [0.2, 0.25) is 0 Å². The molecule has 0 unspecified atom stereocenters. The minimum atomic E-state index is -1.05. The Kier molecular flexibility index (Phi) is 7.58. The number of hydrogen-bond acceptors (Lipinski definition) is 6. The van der Waals surface area contributed by atoms with Crippen molar-refractivity contribution in [1.29, 1.82) is 0 Å². The van der Waals surface area contributed by atoms with E-state index in [0.717, 1.165) is 6.07 Å². The van der Waals surface area contributed by atoms with Gasteiger partial charge in [-0.25, -0.2) is 13.6 Å². The van der Waals surface area contributed by atoms with E-state index in [-0.39, 0.29) is 30.4 Å². The van der Waals surface area contributed by atoms with Crippen molar-refractivity contribution in [1.82, 2.24) is 4.90 Å². The number of rotatable bonds is 8. The second kappa shape index (κ2) is 9.67. The van der Waals surface area contributed by atoms with Crippen LogP contribution in [0, 0.1) is 11.6 Å². The zero-order valence-corrected chi connectivity index (χ0v) is 15.4. The number of nitrogens with two attached hydrogens (primary N) is 1. The number of anilines is 1. The van der Waals surface area contributed by atoms with Crippen molar-refractivity contribution in [2.45, 2.75) is 0 Å². The van der Waals surface area contributed by atoms with Crippen LogP contribution < -0.4 is 15.4 Å². The van der Waals surface area contributed by atoms with Crippen LogP contribution in [0.3, 0.4) is 0 Å². The van der Waals surface area contributed by atoms with E-state index in [1.807, 2.05) is 4.90 Å². The van der Waals surface area contributed by atoms with Crippen LogP contribution >= 0.6 is 0 Å². The molecule has 0 aromatic heterocycles. The van der Waals surface area contributed by atoms with Gasteiger partial charge in [0.15, 0.2) is 11.6 Å². The lowest BCUT2D eigenvalue weighted by atomic mass is 10.2. The molecular formula is C16H23F2N3O4S. The van der Waals surface area contributed by atoms with Gasteiger partial charge in [-0.05, 0) is 0 Å². The molecule has 0 bridgehead atoms. The average molecular weight is 391 g/mol. The minimum absolute atomic E-state index is 0.0517. The maximum Gasteiger partial charge on any atom is 0.404 e. The number of halogens is 2. The van der Waals surface area contributed by atoms with Crippen LogP contribution in [0.5, 0.6) is 5.75 Å². The molecule has 1 fully saturated rings. The quantitative estimate of drug-likeness (QED) is 0.710. The minimum Gasteiger partial charge on any atom is -0.489 e. The van der Waals surface area contributed by atoms with Crippen molar-refractivity contribution in [3.63, 3.8) is 0 Å². The molecule has 1 aliphatic rings. The lowest BCUT2D eigenvalue weighted by molar-refractivity contribution is 0.133. The van der Waals surface area contributed by atoms with Gasteiger partial charge in [-0.3, -0.25) is 9.11 Å². The Labute approximate surface area is 153 Å². The molecule has 7 nitrogen and oxygen atoms in total. The lowest BCUT2D eigenvalue weighted by Crippen LogP contribution is -2.47. The highest BCUT2D eigenvalue weighted by molar-refractivity contribution is 7.84. The second-order valence-corrected chi connectivity index (χ2v) is 7.41. The number of benzene rings is 1. The first kappa shape index (κ1) is 20.4. The molecule has 1 aromatic rings. The number of carbonyl (C=O) groups excluding carboxylic acids is 1. The molecule has 146 valence electrons. The Balaban J connectivity index is 1.94. The van der Waals surface area contributed by atoms with E-state index >= 15 is 0 Å². The van der Waals surface area contributed by atoms with Gasteiger partial charge in [-0.2, -0.15) is 0 Å². The van der Waals surface area contributed by atoms with E-state index in [2.05, 4.69) is 4.90 Å². The van der Waals surface area contributed by atoms with E-state index in [0.29, 0.717) is 32.7 Å². The van der Waals surface area contributed by atoms with Gasteiger partial charge in [0.1, 0.15) is 12.4 Å². The first-order chi connectivity index (χ1) is 12.4. The molecular weight excluding hydrogens is 368 g/mol. The Morgan fingerprint density at radius 2 is 1.88 bits per heavy atom. The van der Waals surface area contributed by atoms with Crippen LogP contribution in [-0.4, -0.2) is 73.1 Å². The number of hydrogen-bond donors (Lipinski definition) is 1. The maximum atomic E-state index is 14.2. The Bertz CT molecular complexity index is 655. The third kappa shape index (κ3) is 6.10. The highest BCUT2D eigenvalue weighted by Gasteiger charge is 2.21. The van der Waals surface area contributed by atoms with E-state index < -0.39 is 28.5 Å². The summed E-state index contributed by atoms with van der Waals surface area (Å²) in [5.41, 5.74) is 5.18. The number of nitrogens with zero attached hydrogens (tertiary/aromatic N) is 2. The fraction of sp³-hybridized carbons (Fsp3) is 0.562. The Morgan fingerprint density at radius 1 is 1.19 bits per heavy atom. The summed E-state index contributed by atoms with van der Waals surface area (Å²) in [6.45, 7) is 3.21. The largest absolute Gasteiger partial charge is 0.489 e. The predicted molar refractivity (Wildman–Crippen MR) is 95.0 cm³/mol. The summed E-state index contributed by atoms with van der Waals surface area (Å²) in [6, 6.07) is 2.15. The van der Waals surface area contributed by atoms with Crippen LogP contribution in [0.4, 0.5) is 19.3 Å². The van der Waals surface area contributed by atoms with Gasteiger partial charge < -0.3 is 20.1 Å². The number of carbonyl (C=O) groups is 1. The highest BCUT2D eigenvalue weighted by Crippen LogP contribution is 2.29. The van der Waals surface area contributed by atoms with Gasteiger partial charge in [-0.1, -0.05) is 0 Å². The molecule has 2 N–H and O–H groups in total. The summed E-state index contributed by atoms with van der Waals surface area (Å²) in [7, 11) is -1.05. The smallest absolute Gasteiger partial charge is 0.404 e. The van der Waals surface area contributed by atoms with Gasteiger partial charge in [0.25, 0.3) is 0 Å². The third-order valence-corrected chi connectivity index (χ3v) is 4.74. The molecule has 0 saturated carbocycles. The van der Waals surface area contributed by atoms with Gasteiger partial charge in [0.05, 0.1) is 18.0 Å².